The summed E-state index contributed by atoms with van der Waals surface area (Å²) in [7, 11) is 0. The molecule has 1 heterocycles. The van der Waals surface area contributed by atoms with Crippen molar-refractivity contribution in [1.82, 2.24) is 0 Å². The summed E-state index contributed by atoms with van der Waals surface area (Å²) in [4.78, 5) is 0. The Kier molecular flexibility index (Phi) is 9.45. The number of unbranched alkanes of at least 4 members (excludes halogenated alkanes) is 2. The molecule has 2 fully saturated rings. The van der Waals surface area contributed by atoms with Crippen molar-refractivity contribution >= 4 is 0 Å². The van der Waals surface area contributed by atoms with Crippen LogP contribution in [0.4, 0.5) is 8.78 Å². The third kappa shape index (κ3) is 6.22. The van der Waals surface area contributed by atoms with Crippen LogP contribution in [0.1, 0.15) is 109 Å². The molecule has 0 N–H and O–H groups in total. The van der Waals surface area contributed by atoms with E-state index in [0.29, 0.717) is 24.2 Å². The van der Waals surface area contributed by atoms with Gasteiger partial charge in [0.05, 0.1) is 19.3 Å². The highest BCUT2D eigenvalue weighted by molar-refractivity contribution is 5.33. The quantitative estimate of drug-likeness (QED) is 0.263. The Labute approximate surface area is 205 Å². The van der Waals surface area contributed by atoms with Crippen molar-refractivity contribution in [3.05, 3.63) is 41.0 Å². The lowest BCUT2D eigenvalue weighted by atomic mass is 9.67. The summed E-state index contributed by atoms with van der Waals surface area (Å²) in [5, 5.41) is 0. The van der Waals surface area contributed by atoms with Gasteiger partial charge in [-0.05, 0) is 112 Å². The molecule has 3 aliphatic rings. The van der Waals surface area contributed by atoms with Crippen LogP contribution in [0.15, 0.2) is 23.8 Å². The summed E-state index contributed by atoms with van der Waals surface area (Å²) >= 11 is 0. The molecule has 0 bridgehead atoms. The second-order valence-corrected chi connectivity index (χ2v) is 10.9. The van der Waals surface area contributed by atoms with Gasteiger partial charge in [-0.15, -0.1) is 0 Å². The second-order valence-electron chi connectivity index (χ2n) is 10.9. The van der Waals surface area contributed by atoms with Crippen LogP contribution in [0.25, 0.3) is 0 Å². The predicted molar refractivity (Wildman–Crippen MR) is 134 cm³/mol. The van der Waals surface area contributed by atoms with E-state index in [0.717, 1.165) is 50.5 Å². The van der Waals surface area contributed by atoms with Gasteiger partial charge in [-0.1, -0.05) is 38.3 Å². The lowest BCUT2D eigenvalue weighted by Crippen LogP contribution is -2.28. The molecule has 2 aliphatic carbocycles. The molecule has 0 spiro atoms. The molecule has 1 aliphatic heterocycles. The SMILES string of the molecule is CCCCCC1CC=C(C2CCC(C3CCC(c4ccc(OCC)c(F)c4F)CC3)CC2)CO1. The van der Waals surface area contributed by atoms with Crippen LogP contribution in [0.2, 0.25) is 0 Å². The van der Waals surface area contributed by atoms with Crippen LogP contribution in [0.5, 0.6) is 5.75 Å². The first kappa shape index (κ1) is 25.7. The fourth-order valence-corrected chi connectivity index (χ4v) is 6.72. The van der Waals surface area contributed by atoms with Gasteiger partial charge in [0.2, 0.25) is 5.82 Å². The van der Waals surface area contributed by atoms with Gasteiger partial charge in [0.15, 0.2) is 11.6 Å². The molecule has 1 unspecified atom stereocenters. The number of ether oxygens (including phenoxy) is 2. The summed E-state index contributed by atoms with van der Waals surface area (Å²) < 4.78 is 40.4. The van der Waals surface area contributed by atoms with Gasteiger partial charge in [0.25, 0.3) is 0 Å². The Hall–Kier alpha value is -1.42. The largest absolute Gasteiger partial charge is 0.491 e. The smallest absolute Gasteiger partial charge is 0.200 e. The van der Waals surface area contributed by atoms with E-state index in [1.54, 1.807) is 24.6 Å². The Balaban J connectivity index is 1.22. The van der Waals surface area contributed by atoms with Crippen molar-refractivity contribution in [2.45, 2.75) is 109 Å². The fourth-order valence-electron chi connectivity index (χ4n) is 6.72. The highest BCUT2D eigenvalue weighted by atomic mass is 19.2. The van der Waals surface area contributed by atoms with Crippen LogP contribution >= 0.6 is 0 Å². The Bertz CT molecular complexity index is 804. The maximum atomic E-state index is 14.7. The highest BCUT2D eigenvalue weighted by Crippen LogP contribution is 2.46. The maximum Gasteiger partial charge on any atom is 0.200 e. The molecular weight excluding hydrogens is 430 g/mol. The first-order valence-electron chi connectivity index (χ1n) is 14.0. The molecular formula is C30H44F2O2. The van der Waals surface area contributed by atoms with Crippen LogP contribution in [-0.2, 0) is 4.74 Å². The summed E-state index contributed by atoms with van der Waals surface area (Å²) in [6, 6.07) is 3.34. The first-order valence-corrected chi connectivity index (χ1v) is 14.0. The van der Waals surface area contributed by atoms with E-state index in [4.69, 9.17) is 9.47 Å². The number of halogens is 2. The predicted octanol–water partition coefficient (Wildman–Crippen LogP) is 8.74. The summed E-state index contributed by atoms with van der Waals surface area (Å²) in [5.74, 6) is 0.884. The molecule has 0 radical (unpaired) electrons. The number of benzene rings is 1. The van der Waals surface area contributed by atoms with E-state index in [9.17, 15) is 8.78 Å². The molecule has 4 rings (SSSR count). The third-order valence-corrected chi connectivity index (χ3v) is 8.81. The lowest BCUT2D eigenvalue weighted by molar-refractivity contribution is 0.0456. The minimum Gasteiger partial charge on any atom is -0.491 e. The number of hydrogen-bond donors (Lipinski definition) is 0. The van der Waals surface area contributed by atoms with Crippen molar-refractivity contribution < 1.29 is 18.3 Å². The average Bonchev–Trinajstić information content (AvgIpc) is 2.88. The molecule has 0 amide bonds. The van der Waals surface area contributed by atoms with E-state index in [1.165, 1.54) is 51.4 Å². The highest BCUT2D eigenvalue weighted by Gasteiger charge is 2.34. The molecule has 0 aromatic heterocycles. The molecule has 1 aromatic carbocycles. The Morgan fingerprint density at radius 2 is 1.53 bits per heavy atom. The molecule has 190 valence electrons. The third-order valence-electron chi connectivity index (χ3n) is 8.81. The van der Waals surface area contributed by atoms with Crippen LogP contribution in [0.3, 0.4) is 0 Å². The zero-order valence-electron chi connectivity index (χ0n) is 21.3. The minimum atomic E-state index is -0.826. The molecule has 0 saturated heterocycles. The topological polar surface area (TPSA) is 18.5 Å². The van der Waals surface area contributed by atoms with Crippen molar-refractivity contribution in [1.29, 1.82) is 0 Å². The van der Waals surface area contributed by atoms with Gasteiger partial charge in [-0.2, -0.15) is 4.39 Å². The second kappa shape index (κ2) is 12.5. The van der Waals surface area contributed by atoms with Crippen LogP contribution in [-0.4, -0.2) is 19.3 Å². The van der Waals surface area contributed by atoms with E-state index < -0.39 is 11.6 Å². The zero-order chi connectivity index (χ0) is 23.9. The first-order chi connectivity index (χ1) is 16.6. The standard InChI is InChI=1S/C30H44F2O2/c1-3-5-6-7-26-17-16-25(20-34-26)23-10-8-21(9-11-23)22-12-14-24(15-13-22)27-18-19-28(33-4-2)30(32)29(27)31/h16,18-19,21-24,26H,3-15,17,20H2,1-2H3. The van der Waals surface area contributed by atoms with Gasteiger partial charge < -0.3 is 9.47 Å². The molecule has 1 aromatic rings. The van der Waals surface area contributed by atoms with Crippen molar-refractivity contribution in [3.8, 4) is 5.75 Å². The molecule has 2 nitrogen and oxygen atoms in total. The Morgan fingerprint density at radius 3 is 2.12 bits per heavy atom. The number of rotatable bonds is 9. The van der Waals surface area contributed by atoms with Gasteiger partial charge in [0.1, 0.15) is 0 Å². The molecule has 1 atom stereocenters. The fraction of sp³-hybridized carbons (Fsp3) is 0.733. The van der Waals surface area contributed by atoms with Crippen molar-refractivity contribution in [2.75, 3.05) is 13.2 Å². The van der Waals surface area contributed by atoms with E-state index in [-0.39, 0.29) is 11.7 Å². The average molecular weight is 475 g/mol. The summed E-state index contributed by atoms with van der Waals surface area (Å²) in [6.07, 6.45) is 18.5. The van der Waals surface area contributed by atoms with E-state index in [2.05, 4.69) is 13.0 Å². The maximum absolute atomic E-state index is 14.7. The van der Waals surface area contributed by atoms with Crippen molar-refractivity contribution in [2.24, 2.45) is 17.8 Å². The lowest BCUT2D eigenvalue weighted by Gasteiger charge is -2.39. The van der Waals surface area contributed by atoms with Gasteiger partial charge in [0, 0.05) is 0 Å². The normalized spacial score (nSPS) is 30.1. The molecule has 34 heavy (non-hydrogen) atoms. The van der Waals surface area contributed by atoms with Crippen LogP contribution < -0.4 is 4.74 Å². The molecule has 4 heteroatoms. The number of hydrogen-bond acceptors (Lipinski definition) is 2. The minimum absolute atomic E-state index is 0.0275. The summed E-state index contributed by atoms with van der Waals surface area (Å²) in [6.45, 7) is 5.23. The van der Waals surface area contributed by atoms with Gasteiger partial charge in [-0.25, -0.2) is 4.39 Å². The molecule has 2 saturated carbocycles. The monoisotopic (exact) mass is 474 g/mol. The van der Waals surface area contributed by atoms with E-state index in [1.807, 2.05) is 0 Å². The summed E-state index contributed by atoms with van der Waals surface area (Å²) in [5.41, 5.74) is 2.10. The zero-order valence-corrected chi connectivity index (χ0v) is 21.3. The van der Waals surface area contributed by atoms with Gasteiger partial charge in [-0.3, -0.25) is 0 Å². The van der Waals surface area contributed by atoms with Crippen LogP contribution in [0, 0.1) is 29.4 Å². The van der Waals surface area contributed by atoms with Gasteiger partial charge >= 0.3 is 0 Å². The van der Waals surface area contributed by atoms with E-state index >= 15 is 0 Å². The Morgan fingerprint density at radius 1 is 0.853 bits per heavy atom. The van der Waals surface area contributed by atoms with Crippen molar-refractivity contribution in [3.63, 3.8) is 0 Å².